The molecular weight excluding hydrogens is 243 g/mol. The maximum absolute atomic E-state index is 10.5. The Balaban J connectivity index is 0.000000371. The molecule has 0 spiro atoms. The third-order valence-corrected chi connectivity index (χ3v) is 1.29. The molecule has 60 valence electrons. The maximum Gasteiger partial charge on any atom is 0.305 e. The minimum absolute atomic E-state index is 0.0255. The average molecular weight is 256 g/mol. The molecule has 0 saturated carbocycles. The topological polar surface area (TPSA) is 26.3 Å². The van der Waals surface area contributed by atoms with Gasteiger partial charge in [-0.2, -0.15) is 0 Å². The fourth-order valence-corrected chi connectivity index (χ4v) is 0.806. The molecule has 0 aromatic rings. The van der Waals surface area contributed by atoms with E-state index in [1.54, 1.807) is 0 Å². The second-order valence-corrected chi connectivity index (χ2v) is 2.03. The Labute approximate surface area is 75.5 Å². The van der Waals surface area contributed by atoms with E-state index in [4.69, 9.17) is 4.74 Å². The lowest BCUT2D eigenvalue weighted by molar-refractivity contribution is -0.142. The standard InChI is InChI=1S/C6H10O2.CH3I/c7-6-4-2-1-3-5-8-6;1-2/h1-5H2;1H3. The van der Waals surface area contributed by atoms with Crippen molar-refractivity contribution in [2.45, 2.75) is 25.7 Å². The molecule has 0 amide bonds. The van der Waals surface area contributed by atoms with Crippen molar-refractivity contribution in [3.8, 4) is 0 Å². The number of cyclic esters (lactones) is 1. The molecule has 1 heterocycles. The summed E-state index contributed by atoms with van der Waals surface area (Å²) in [6.07, 6.45) is 3.83. The Bertz CT molecular complexity index is 83.6. The third-order valence-electron chi connectivity index (χ3n) is 1.29. The maximum atomic E-state index is 10.5. The highest BCUT2D eigenvalue weighted by molar-refractivity contribution is 14.1. The molecule has 10 heavy (non-hydrogen) atoms. The van der Waals surface area contributed by atoms with Crippen LogP contribution in [0.3, 0.4) is 0 Å². The summed E-state index contributed by atoms with van der Waals surface area (Å²) in [6.45, 7) is 0.638. The number of esters is 1. The summed E-state index contributed by atoms with van der Waals surface area (Å²) in [7, 11) is 0. The van der Waals surface area contributed by atoms with Crippen LogP contribution in [0, 0.1) is 0 Å². The molecule has 1 saturated heterocycles. The van der Waals surface area contributed by atoms with E-state index in [1.807, 2.05) is 4.93 Å². The largest absolute Gasteiger partial charge is 0.466 e. The SMILES string of the molecule is CI.O=C1CCCCCO1. The van der Waals surface area contributed by atoms with Crippen LogP contribution in [0.25, 0.3) is 0 Å². The Morgan fingerprint density at radius 1 is 1.30 bits per heavy atom. The number of carbonyl (C=O) groups excluding carboxylic acids is 1. The summed E-state index contributed by atoms with van der Waals surface area (Å²) < 4.78 is 4.76. The fourth-order valence-electron chi connectivity index (χ4n) is 0.806. The molecule has 0 atom stereocenters. The van der Waals surface area contributed by atoms with Crippen LogP contribution in [0.5, 0.6) is 0 Å². The molecule has 3 heteroatoms. The summed E-state index contributed by atoms with van der Waals surface area (Å²) in [5, 5.41) is 0. The van der Waals surface area contributed by atoms with Crippen molar-refractivity contribution in [1.29, 1.82) is 0 Å². The zero-order chi connectivity index (χ0) is 7.82. The third kappa shape index (κ3) is 5.02. The van der Waals surface area contributed by atoms with Crippen LogP contribution in [0.4, 0.5) is 0 Å². The Kier molecular flexibility index (Phi) is 7.45. The van der Waals surface area contributed by atoms with Gasteiger partial charge in [-0.1, -0.05) is 22.6 Å². The summed E-state index contributed by atoms with van der Waals surface area (Å²) in [5.74, 6) is -0.0255. The molecule has 0 bridgehead atoms. The highest BCUT2D eigenvalue weighted by Crippen LogP contribution is 2.06. The minimum atomic E-state index is -0.0255. The molecule has 1 fully saturated rings. The molecule has 0 aromatic carbocycles. The Hall–Kier alpha value is 0.200. The molecule has 2 nitrogen and oxygen atoms in total. The molecular formula is C7H13IO2. The first-order chi connectivity index (χ1) is 4.89. The van der Waals surface area contributed by atoms with Gasteiger partial charge in [0, 0.05) is 6.42 Å². The molecule has 0 N–H and O–H groups in total. The van der Waals surface area contributed by atoms with Gasteiger partial charge in [-0.25, -0.2) is 0 Å². The molecule has 0 aromatic heterocycles. The van der Waals surface area contributed by atoms with Crippen LogP contribution in [-0.4, -0.2) is 17.5 Å². The highest BCUT2D eigenvalue weighted by atomic mass is 127. The zero-order valence-electron chi connectivity index (χ0n) is 6.23. The van der Waals surface area contributed by atoms with Gasteiger partial charge in [-0.3, -0.25) is 4.79 Å². The van der Waals surface area contributed by atoms with Crippen LogP contribution in [0.2, 0.25) is 0 Å². The Morgan fingerprint density at radius 2 is 2.00 bits per heavy atom. The van der Waals surface area contributed by atoms with Gasteiger partial charge in [0.05, 0.1) is 6.61 Å². The van der Waals surface area contributed by atoms with Crippen molar-refractivity contribution in [3.05, 3.63) is 0 Å². The minimum Gasteiger partial charge on any atom is -0.466 e. The predicted octanol–water partition coefficient (Wildman–Crippen LogP) is 2.15. The summed E-state index contributed by atoms with van der Waals surface area (Å²) >= 11 is 2.15. The molecule has 1 aliphatic heterocycles. The van der Waals surface area contributed by atoms with Crippen molar-refractivity contribution in [3.63, 3.8) is 0 Å². The van der Waals surface area contributed by atoms with Gasteiger partial charge in [-0.15, -0.1) is 0 Å². The van der Waals surface area contributed by atoms with Crippen molar-refractivity contribution in [2.24, 2.45) is 0 Å². The zero-order valence-corrected chi connectivity index (χ0v) is 8.39. The monoisotopic (exact) mass is 256 g/mol. The molecule has 0 unspecified atom stereocenters. The number of carbonyl (C=O) groups is 1. The van der Waals surface area contributed by atoms with E-state index < -0.39 is 0 Å². The summed E-state index contributed by atoms with van der Waals surface area (Å²) in [5.41, 5.74) is 0. The molecule has 1 aliphatic rings. The van der Waals surface area contributed by atoms with E-state index in [9.17, 15) is 4.79 Å². The normalized spacial score (nSPS) is 18.0. The van der Waals surface area contributed by atoms with E-state index in [1.165, 1.54) is 0 Å². The van der Waals surface area contributed by atoms with Gasteiger partial charge in [0.2, 0.25) is 0 Å². The van der Waals surface area contributed by atoms with E-state index >= 15 is 0 Å². The first kappa shape index (κ1) is 10.2. The van der Waals surface area contributed by atoms with Crippen LogP contribution >= 0.6 is 22.6 Å². The van der Waals surface area contributed by atoms with Gasteiger partial charge in [0.15, 0.2) is 0 Å². The van der Waals surface area contributed by atoms with E-state index in [-0.39, 0.29) is 5.97 Å². The number of halogens is 1. The fraction of sp³-hybridized carbons (Fsp3) is 0.857. The predicted molar refractivity (Wildman–Crippen MR) is 49.4 cm³/mol. The quantitative estimate of drug-likeness (QED) is 0.377. The second-order valence-electron chi connectivity index (χ2n) is 2.03. The highest BCUT2D eigenvalue weighted by Gasteiger charge is 2.05. The van der Waals surface area contributed by atoms with Crippen LogP contribution in [-0.2, 0) is 9.53 Å². The number of rotatable bonds is 0. The molecule has 0 radical (unpaired) electrons. The second kappa shape index (κ2) is 7.31. The smallest absolute Gasteiger partial charge is 0.305 e. The lowest BCUT2D eigenvalue weighted by atomic mass is 10.2. The number of ether oxygens (including phenoxy) is 1. The number of hydrogen-bond acceptors (Lipinski definition) is 2. The van der Waals surface area contributed by atoms with Crippen molar-refractivity contribution < 1.29 is 9.53 Å². The Morgan fingerprint density at radius 3 is 2.70 bits per heavy atom. The molecule has 0 aliphatic carbocycles. The van der Waals surface area contributed by atoms with Gasteiger partial charge in [0.25, 0.3) is 0 Å². The number of alkyl halides is 1. The van der Waals surface area contributed by atoms with E-state index in [0.717, 1.165) is 19.3 Å². The lowest BCUT2D eigenvalue weighted by Crippen LogP contribution is -2.00. The van der Waals surface area contributed by atoms with Crippen LogP contribution < -0.4 is 0 Å². The van der Waals surface area contributed by atoms with E-state index in [0.29, 0.717) is 13.0 Å². The van der Waals surface area contributed by atoms with Gasteiger partial charge in [0.1, 0.15) is 0 Å². The summed E-state index contributed by atoms with van der Waals surface area (Å²) in [6, 6.07) is 0. The van der Waals surface area contributed by atoms with Gasteiger partial charge < -0.3 is 4.74 Å². The first-order valence-electron chi connectivity index (χ1n) is 3.43. The number of hydrogen-bond donors (Lipinski definition) is 0. The molecule has 1 rings (SSSR count). The lowest BCUT2D eigenvalue weighted by Gasteiger charge is -1.93. The average Bonchev–Trinajstić information content (AvgIpc) is 2.21. The van der Waals surface area contributed by atoms with Crippen molar-refractivity contribution >= 4 is 28.6 Å². The van der Waals surface area contributed by atoms with E-state index in [2.05, 4.69) is 22.6 Å². The van der Waals surface area contributed by atoms with Crippen molar-refractivity contribution in [1.82, 2.24) is 0 Å². The van der Waals surface area contributed by atoms with Crippen LogP contribution in [0.1, 0.15) is 25.7 Å². The first-order valence-corrected chi connectivity index (χ1v) is 5.59. The van der Waals surface area contributed by atoms with Crippen LogP contribution in [0.15, 0.2) is 0 Å². The van der Waals surface area contributed by atoms with Gasteiger partial charge >= 0.3 is 5.97 Å². The van der Waals surface area contributed by atoms with Crippen molar-refractivity contribution in [2.75, 3.05) is 11.5 Å². The van der Waals surface area contributed by atoms with Gasteiger partial charge in [-0.05, 0) is 24.2 Å². The summed E-state index contributed by atoms with van der Waals surface area (Å²) in [4.78, 5) is 12.4.